The van der Waals surface area contributed by atoms with E-state index in [1.165, 1.54) is 0 Å². The highest BCUT2D eigenvalue weighted by atomic mass is 32.1. The van der Waals surface area contributed by atoms with Crippen LogP contribution in [0.25, 0.3) is 5.82 Å². The zero-order valence-corrected chi connectivity index (χ0v) is 18.7. The summed E-state index contributed by atoms with van der Waals surface area (Å²) in [4.78, 5) is 11.4. The van der Waals surface area contributed by atoms with Gasteiger partial charge in [-0.1, -0.05) is 12.1 Å². The molecule has 1 fully saturated rings. The minimum absolute atomic E-state index is 0.150. The monoisotopic (exact) mass is 455 g/mol. The van der Waals surface area contributed by atoms with E-state index in [-0.39, 0.29) is 18.9 Å². The third-order valence-corrected chi connectivity index (χ3v) is 6.27. The zero-order valence-electron chi connectivity index (χ0n) is 17.9. The molecule has 1 aromatic carbocycles. The SMILES string of the molecule is Cc1ccc(-n2cccc2C2C(c3ccccn3)NC(=S)N2c2ccc3c(c2)OCO3)nc1. The fourth-order valence-electron chi connectivity index (χ4n) is 4.41. The van der Waals surface area contributed by atoms with Crippen molar-refractivity contribution in [2.45, 2.75) is 19.0 Å². The number of nitrogens with one attached hydrogen (secondary N) is 1. The van der Waals surface area contributed by atoms with Crippen molar-refractivity contribution < 1.29 is 9.47 Å². The molecule has 8 heteroatoms. The lowest BCUT2D eigenvalue weighted by atomic mass is 10.0. The van der Waals surface area contributed by atoms with Crippen molar-refractivity contribution in [2.75, 3.05) is 11.7 Å². The van der Waals surface area contributed by atoms with E-state index in [2.05, 4.69) is 36.9 Å². The molecule has 7 nitrogen and oxygen atoms in total. The first-order chi connectivity index (χ1) is 16.2. The Balaban J connectivity index is 1.50. The fourth-order valence-corrected chi connectivity index (χ4v) is 4.76. The van der Waals surface area contributed by atoms with E-state index in [9.17, 15) is 0 Å². The Kier molecular flexibility index (Phi) is 4.73. The van der Waals surface area contributed by atoms with Gasteiger partial charge in [0, 0.05) is 36.0 Å². The number of nitrogens with zero attached hydrogens (tertiary/aromatic N) is 4. The molecule has 0 radical (unpaired) electrons. The van der Waals surface area contributed by atoms with Gasteiger partial charge in [-0.25, -0.2) is 4.98 Å². The van der Waals surface area contributed by atoms with E-state index >= 15 is 0 Å². The number of hydrogen-bond acceptors (Lipinski definition) is 5. The van der Waals surface area contributed by atoms with Gasteiger partial charge in [0.25, 0.3) is 0 Å². The quantitative estimate of drug-likeness (QED) is 0.455. The molecule has 3 aromatic heterocycles. The molecule has 2 aliphatic rings. The van der Waals surface area contributed by atoms with Crippen LogP contribution in [0, 0.1) is 6.92 Å². The van der Waals surface area contributed by atoms with Gasteiger partial charge < -0.3 is 24.3 Å². The first-order valence-corrected chi connectivity index (χ1v) is 11.1. The molecule has 5 heterocycles. The van der Waals surface area contributed by atoms with E-state index in [1.54, 1.807) is 6.20 Å². The minimum Gasteiger partial charge on any atom is -0.454 e. The maximum Gasteiger partial charge on any atom is 0.231 e. The number of fused-ring (bicyclic) bond motifs is 1. The summed E-state index contributed by atoms with van der Waals surface area (Å²) in [7, 11) is 0. The summed E-state index contributed by atoms with van der Waals surface area (Å²) in [6.07, 6.45) is 5.71. The van der Waals surface area contributed by atoms with Crippen LogP contribution in [0.2, 0.25) is 0 Å². The Morgan fingerprint density at radius 3 is 2.73 bits per heavy atom. The Morgan fingerprint density at radius 2 is 1.91 bits per heavy atom. The number of benzene rings is 1. The molecule has 0 bridgehead atoms. The number of aryl methyl sites for hydroxylation is 1. The second kappa shape index (κ2) is 7.90. The third kappa shape index (κ3) is 3.39. The summed E-state index contributed by atoms with van der Waals surface area (Å²) < 4.78 is 13.2. The maximum absolute atomic E-state index is 5.85. The summed E-state index contributed by atoms with van der Waals surface area (Å²) >= 11 is 5.85. The van der Waals surface area contributed by atoms with Crippen molar-refractivity contribution in [3.63, 3.8) is 0 Å². The summed E-state index contributed by atoms with van der Waals surface area (Å²) in [6.45, 7) is 2.26. The third-order valence-electron chi connectivity index (χ3n) is 5.96. The van der Waals surface area contributed by atoms with Gasteiger partial charge in [-0.2, -0.15) is 0 Å². The number of rotatable bonds is 4. The first-order valence-electron chi connectivity index (χ1n) is 10.7. The lowest BCUT2D eigenvalue weighted by Crippen LogP contribution is -2.30. The maximum atomic E-state index is 5.85. The number of hydrogen-bond donors (Lipinski definition) is 1. The normalized spacial score (nSPS) is 19.1. The van der Waals surface area contributed by atoms with Gasteiger partial charge >= 0.3 is 0 Å². The van der Waals surface area contributed by atoms with Gasteiger partial charge in [0.1, 0.15) is 11.9 Å². The van der Waals surface area contributed by atoms with Crippen LogP contribution in [-0.2, 0) is 0 Å². The molecule has 164 valence electrons. The Bertz CT molecular complexity index is 1320. The molecular formula is C25H21N5O2S. The molecule has 2 unspecified atom stereocenters. The van der Waals surface area contributed by atoms with Gasteiger partial charge in [0.15, 0.2) is 16.6 Å². The molecule has 0 saturated carbocycles. The lowest BCUT2D eigenvalue weighted by Gasteiger charge is -2.29. The predicted molar refractivity (Wildman–Crippen MR) is 129 cm³/mol. The molecule has 0 spiro atoms. The van der Waals surface area contributed by atoms with Gasteiger partial charge in [0.05, 0.1) is 11.7 Å². The van der Waals surface area contributed by atoms with Gasteiger partial charge in [-0.05, 0) is 67.2 Å². The Hall–Kier alpha value is -3.91. The molecule has 2 aliphatic heterocycles. The second-order valence-electron chi connectivity index (χ2n) is 8.03. The minimum atomic E-state index is -0.161. The number of pyridine rings is 2. The summed E-state index contributed by atoms with van der Waals surface area (Å²) in [5.74, 6) is 2.30. The molecule has 1 N–H and O–H groups in total. The number of thiocarbonyl (C=S) groups is 1. The second-order valence-corrected chi connectivity index (χ2v) is 8.42. The van der Waals surface area contributed by atoms with Crippen LogP contribution < -0.4 is 19.7 Å². The smallest absolute Gasteiger partial charge is 0.231 e. The van der Waals surface area contributed by atoms with Crippen molar-refractivity contribution >= 4 is 23.0 Å². The number of anilines is 1. The standard InChI is InChI=1S/C25H21N5O2S/c1-16-7-10-22(27-14-16)29-12-4-6-19(29)24-23(18-5-2-3-11-26-18)28-25(33)30(24)17-8-9-20-21(13-17)32-15-31-20/h2-14,23-24H,15H2,1H3,(H,28,33). The van der Waals surface area contributed by atoms with Gasteiger partial charge in [0.2, 0.25) is 6.79 Å². The van der Waals surface area contributed by atoms with E-state index in [0.29, 0.717) is 10.9 Å². The van der Waals surface area contributed by atoms with Crippen LogP contribution in [0.3, 0.4) is 0 Å². The largest absolute Gasteiger partial charge is 0.454 e. The molecular weight excluding hydrogens is 434 g/mol. The Morgan fingerprint density at radius 1 is 1.00 bits per heavy atom. The van der Waals surface area contributed by atoms with Crippen molar-refractivity contribution in [1.82, 2.24) is 19.9 Å². The first kappa shape index (κ1) is 19.8. The Labute approximate surface area is 196 Å². The molecule has 0 aliphatic carbocycles. The van der Waals surface area contributed by atoms with Crippen LogP contribution in [-0.4, -0.2) is 26.4 Å². The molecule has 0 amide bonds. The topological polar surface area (TPSA) is 64.4 Å². The van der Waals surface area contributed by atoms with Crippen LogP contribution in [0.15, 0.2) is 79.3 Å². The summed E-state index contributed by atoms with van der Waals surface area (Å²) in [5.41, 5.74) is 4.00. The van der Waals surface area contributed by atoms with Gasteiger partial charge in [-0.15, -0.1) is 0 Å². The van der Waals surface area contributed by atoms with Crippen molar-refractivity contribution in [2.24, 2.45) is 0 Å². The molecule has 1 saturated heterocycles. The molecule has 4 aromatic rings. The summed E-state index contributed by atoms with van der Waals surface area (Å²) in [6, 6.07) is 19.8. The van der Waals surface area contributed by atoms with Crippen LogP contribution in [0.5, 0.6) is 11.5 Å². The average molecular weight is 456 g/mol. The van der Waals surface area contributed by atoms with Crippen molar-refractivity contribution in [3.05, 3.63) is 96.2 Å². The van der Waals surface area contributed by atoms with E-state index in [0.717, 1.165) is 34.2 Å². The molecule has 33 heavy (non-hydrogen) atoms. The van der Waals surface area contributed by atoms with Crippen molar-refractivity contribution in [3.8, 4) is 17.3 Å². The van der Waals surface area contributed by atoms with Crippen molar-refractivity contribution in [1.29, 1.82) is 0 Å². The number of aromatic nitrogens is 3. The van der Waals surface area contributed by atoms with Crippen LogP contribution >= 0.6 is 12.2 Å². The van der Waals surface area contributed by atoms with Crippen LogP contribution in [0.1, 0.15) is 29.0 Å². The predicted octanol–water partition coefficient (Wildman–Crippen LogP) is 4.48. The van der Waals surface area contributed by atoms with E-state index in [1.807, 2.05) is 67.8 Å². The lowest BCUT2D eigenvalue weighted by molar-refractivity contribution is 0.174. The zero-order chi connectivity index (χ0) is 22.4. The van der Waals surface area contributed by atoms with Crippen LogP contribution in [0.4, 0.5) is 5.69 Å². The van der Waals surface area contributed by atoms with Gasteiger partial charge in [-0.3, -0.25) is 4.98 Å². The van der Waals surface area contributed by atoms with E-state index < -0.39 is 0 Å². The fraction of sp³-hybridized carbons (Fsp3) is 0.160. The highest BCUT2D eigenvalue weighted by molar-refractivity contribution is 7.80. The van der Waals surface area contributed by atoms with E-state index in [4.69, 9.17) is 21.7 Å². The molecule has 2 atom stereocenters. The molecule has 6 rings (SSSR count). The highest BCUT2D eigenvalue weighted by Gasteiger charge is 2.42. The number of ether oxygens (including phenoxy) is 2. The average Bonchev–Trinajstić information content (AvgIpc) is 3.57. The highest BCUT2D eigenvalue weighted by Crippen LogP contribution is 2.44. The summed E-state index contributed by atoms with van der Waals surface area (Å²) in [5, 5.41) is 4.13.